The molecule has 0 atom stereocenters. The quantitative estimate of drug-likeness (QED) is 0.688. The first-order valence-electron chi connectivity index (χ1n) is 4.25. The lowest BCUT2D eigenvalue weighted by Crippen LogP contribution is -2.04. The van der Waals surface area contributed by atoms with Gasteiger partial charge < -0.3 is 10.5 Å². The SMILES string of the molecule is C=CCOc1ccc(CCN)nc1. The molecule has 70 valence electrons. The maximum absolute atomic E-state index is 5.39. The summed E-state index contributed by atoms with van der Waals surface area (Å²) in [4.78, 5) is 4.18. The Balaban J connectivity index is 2.53. The van der Waals surface area contributed by atoms with Crippen molar-refractivity contribution in [1.82, 2.24) is 4.98 Å². The first-order valence-corrected chi connectivity index (χ1v) is 4.25. The Morgan fingerprint density at radius 2 is 2.38 bits per heavy atom. The fourth-order valence-corrected chi connectivity index (χ4v) is 0.947. The standard InChI is InChI=1S/C10H14N2O/c1-2-7-13-10-4-3-9(5-6-11)12-8-10/h2-4,8H,1,5-7,11H2. The van der Waals surface area contributed by atoms with Gasteiger partial charge in [-0.3, -0.25) is 4.98 Å². The van der Waals surface area contributed by atoms with E-state index in [9.17, 15) is 0 Å². The molecule has 0 amide bonds. The molecular formula is C10H14N2O. The summed E-state index contributed by atoms with van der Waals surface area (Å²) >= 11 is 0. The van der Waals surface area contributed by atoms with Gasteiger partial charge in [-0.2, -0.15) is 0 Å². The number of aromatic nitrogens is 1. The molecule has 13 heavy (non-hydrogen) atoms. The molecule has 0 aromatic carbocycles. The number of ether oxygens (including phenoxy) is 1. The topological polar surface area (TPSA) is 48.1 Å². The Bertz CT molecular complexity index is 256. The van der Waals surface area contributed by atoms with Crippen molar-refractivity contribution in [1.29, 1.82) is 0 Å². The third-order valence-corrected chi connectivity index (χ3v) is 1.57. The molecule has 1 heterocycles. The summed E-state index contributed by atoms with van der Waals surface area (Å²) in [6, 6.07) is 3.81. The van der Waals surface area contributed by atoms with E-state index in [1.807, 2.05) is 12.1 Å². The maximum Gasteiger partial charge on any atom is 0.138 e. The van der Waals surface area contributed by atoms with Gasteiger partial charge in [-0.25, -0.2) is 0 Å². The zero-order chi connectivity index (χ0) is 9.52. The van der Waals surface area contributed by atoms with Crippen LogP contribution in [0, 0.1) is 0 Å². The number of pyridine rings is 1. The molecular weight excluding hydrogens is 164 g/mol. The van der Waals surface area contributed by atoms with Gasteiger partial charge in [0.1, 0.15) is 12.4 Å². The summed E-state index contributed by atoms with van der Waals surface area (Å²) in [7, 11) is 0. The lowest BCUT2D eigenvalue weighted by atomic mass is 10.3. The average Bonchev–Trinajstić information content (AvgIpc) is 2.17. The van der Waals surface area contributed by atoms with E-state index in [1.54, 1.807) is 12.3 Å². The normalized spacial score (nSPS) is 9.62. The largest absolute Gasteiger partial charge is 0.488 e. The van der Waals surface area contributed by atoms with Crippen molar-refractivity contribution < 1.29 is 4.74 Å². The molecule has 0 fully saturated rings. The van der Waals surface area contributed by atoms with Gasteiger partial charge in [-0.1, -0.05) is 12.7 Å². The molecule has 0 saturated heterocycles. The summed E-state index contributed by atoms with van der Waals surface area (Å²) in [5.41, 5.74) is 6.39. The van der Waals surface area contributed by atoms with E-state index in [2.05, 4.69) is 11.6 Å². The van der Waals surface area contributed by atoms with Crippen LogP contribution < -0.4 is 10.5 Å². The lowest BCUT2D eigenvalue weighted by molar-refractivity contribution is 0.361. The van der Waals surface area contributed by atoms with Crippen molar-refractivity contribution in [2.45, 2.75) is 6.42 Å². The Hall–Kier alpha value is -1.35. The van der Waals surface area contributed by atoms with E-state index < -0.39 is 0 Å². The number of hydrogen-bond donors (Lipinski definition) is 1. The Morgan fingerprint density at radius 3 is 2.92 bits per heavy atom. The molecule has 2 N–H and O–H groups in total. The molecule has 0 aliphatic heterocycles. The van der Waals surface area contributed by atoms with Crippen LogP contribution in [0.3, 0.4) is 0 Å². The van der Waals surface area contributed by atoms with Crippen LogP contribution in [0.15, 0.2) is 31.0 Å². The number of nitrogens with zero attached hydrogens (tertiary/aromatic N) is 1. The Labute approximate surface area is 78.2 Å². The molecule has 1 aromatic heterocycles. The fraction of sp³-hybridized carbons (Fsp3) is 0.300. The van der Waals surface area contributed by atoms with Gasteiger partial charge in [0, 0.05) is 12.1 Å². The molecule has 1 rings (SSSR count). The second-order valence-corrected chi connectivity index (χ2v) is 2.62. The van der Waals surface area contributed by atoms with Crippen LogP contribution >= 0.6 is 0 Å². The minimum atomic E-state index is 0.512. The smallest absolute Gasteiger partial charge is 0.138 e. The zero-order valence-electron chi connectivity index (χ0n) is 7.57. The Morgan fingerprint density at radius 1 is 1.54 bits per heavy atom. The van der Waals surface area contributed by atoms with Crippen molar-refractivity contribution in [2.24, 2.45) is 5.73 Å². The van der Waals surface area contributed by atoms with E-state index in [1.165, 1.54) is 0 Å². The van der Waals surface area contributed by atoms with Crippen LogP contribution in [-0.4, -0.2) is 18.1 Å². The highest BCUT2D eigenvalue weighted by Crippen LogP contribution is 2.08. The molecule has 1 aromatic rings. The van der Waals surface area contributed by atoms with Crippen LogP contribution in [0.25, 0.3) is 0 Å². The van der Waals surface area contributed by atoms with E-state index >= 15 is 0 Å². The molecule has 0 radical (unpaired) electrons. The summed E-state index contributed by atoms with van der Waals surface area (Å²) in [5, 5.41) is 0. The third kappa shape index (κ3) is 3.25. The second-order valence-electron chi connectivity index (χ2n) is 2.62. The predicted molar refractivity (Wildman–Crippen MR) is 52.7 cm³/mol. The van der Waals surface area contributed by atoms with Gasteiger partial charge >= 0.3 is 0 Å². The van der Waals surface area contributed by atoms with E-state index in [4.69, 9.17) is 10.5 Å². The van der Waals surface area contributed by atoms with Crippen molar-refractivity contribution in [3.63, 3.8) is 0 Å². The molecule has 0 aliphatic rings. The summed E-state index contributed by atoms with van der Waals surface area (Å²) < 4.78 is 5.28. The minimum Gasteiger partial charge on any atom is -0.488 e. The van der Waals surface area contributed by atoms with Gasteiger partial charge in [0.2, 0.25) is 0 Å². The molecule has 3 nitrogen and oxygen atoms in total. The van der Waals surface area contributed by atoms with Crippen molar-refractivity contribution in [2.75, 3.05) is 13.2 Å². The van der Waals surface area contributed by atoms with Gasteiger partial charge in [0.25, 0.3) is 0 Å². The second kappa shape index (κ2) is 5.32. The molecule has 0 bridgehead atoms. The van der Waals surface area contributed by atoms with Gasteiger partial charge in [0.05, 0.1) is 6.20 Å². The zero-order valence-corrected chi connectivity index (χ0v) is 7.57. The fourth-order valence-electron chi connectivity index (χ4n) is 0.947. The predicted octanol–water partition coefficient (Wildman–Crippen LogP) is 1.15. The van der Waals surface area contributed by atoms with Gasteiger partial charge in [-0.05, 0) is 18.7 Å². The summed E-state index contributed by atoms with van der Waals surface area (Å²) in [5.74, 6) is 0.765. The molecule has 3 heteroatoms. The number of hydrogen-bond acceptors (Lipinski definition) is 3. The Kier molecular flexibility index (Phi) is 3.99. The molecule has 0 unspecified atom stereocenters. The first-order chi connectivity index (χ1) is 6.36. The van der Waals surface area contributed by atoms with Crippen molar-refractivity contribution in [3.8, 4) is 5.75 Å². The summed E-state index contributed by atoms with van der Waals surface area (Å²) in [6.45, 7) is 4.70. The highest BCUT2D eigenvalue weighted by molar-refractivity contribution is 5.20. The minimum absolute atomic E-state index is 0.512. The third-order valence-electron chi connectivity index (χ3n) is 1.57. The van der Waals surface area contributed by atoms with E-state index in [-0.39, 0.29) is 0 Å². The lowest BCUT2D eigenvalue weighted by Gasteiger charge is -2.03. The van der Waals surface area contributed by atoms with E-state index in [0.29, 0.717) is 13.2 Å². The highest BCUT2D eigenvalue weighted by atomic mass is 16.5. The number of rotatable bonds is 5. The monoisotopic (exact) mass is 178 g/mol. The van der Waals surface area contributed by atoms with Crippen molar-refractivity contribution in [3.05, 3.63) is 36.7 Å². The molecule has 0 saturated carbocycles. The van der Waals surface area contributed by atoms with Gasteiger partial charge in [-0.15, -0.1) is 0 Å². The van der Waals surface area contributed by atoms with Crippen LogP contribution in [0.4, 0.5) is 0 Å². The van der Waals surface area contributed by atoms with E-state index in [0.717, 1.165) is 17.9 Å². The number of nitrogens with two attached hydrogens (primary N) is 1. The summed E-state index contributed by atoms with van der Waals surface area (Å²) in [6.07, 6.45) is 4.21. The maximum atomic E-state index is 5.39. The van der Waals surface area contributed by atoms with Crippen LogP contribution in [0.5, 0.6) is 5.75 Å². The highest BCUT2D eigenvalue weighted by Gasteiger charge is 1.94. The van der Waals surface area contributed by atoms with Gasteiger partial charge in [0.15, 0.2) is 0 Å². The van der Waals surface area contributed by atoms with Crippen molar-refractivity contribution >= 4 is 0 Å². The van der Waals surface area contributed by atoms with Crippen LogP contribution in [0.1, 0.15) is 5.69 Å². The molecule has 0 spiro atoms. The van der Waals surface area contributed by atoms with Crippen LogP contribution in [0.2, 0.25) is 0 Å². The first kappa shape index (κ1) is 9.74. The molecule has 0 aliphatic carbocycles. The van der Waals surface area contributed by atoms with Crippen LogP contribution in [-0.2, 0) is 6.42 Å². The average molecular weight is 178 g/mol.